The molecule has 0 aromatic carbocycles. The van der Waals surface area contributed by atoms with E-state index in [-0.39, 0.29) is 11.3 Å². The van der Waals surface area contributed by atoms with Crippen molar-refractivity contribution < 1.29 is 9.59 Å². The van der Waals surface area contributed by atoms with Crippen LogP contribution < -0.4 is 0 Å². The van der Waals surface area contributed by atoms with Crippen LogP contribution in [0.1, 0.15) is 51.4 Å². The van der Waals surface area contributed by atoms with E-state index in [0.717, 1.165) is 57.8 Å². The highest BCUT2D eigenvalue weighted by molar-refractivity contribution is 5.78. The molecule has 0 bridgehead atoms. The molecule has 2 aliphatic heterocycles. The summed E-state index contributed by atoms with van der Waals surface area (Å²) in [6, 6.07) is 0. The van der Waals surface area contributed by atoms with E-state index >= 15 is 0 Å². The van der Waals surface area contributed by atoms with Crippen LogP contribution in [-0.2, 0) is 16.1 Å². The Balaban J connectivity index is 1.31. The molecule has 1 spiro atoms. The van der Waals surface area contributed by atoms with Crippen molar-refractivity contribution in [1.29, 1.82) is 0 Å². The topological polar surface area (TPSA) is 84.2 Å². The fraction of sp³-hybridized carbons (Fsp3) is 0.833. The second-order valence-corrected chi connectivity index (χ2v) is 8.31. The Morgan fingerprint density at radius 1 is 1.27 bits per heavy atom. The van der Waals surface area contributed by atoms with E-state index in [1.54, 1.807) is 11.0 Å². The highest BCUT2D eigenvalue weighted by Crippen LogP contribution is 2.40. The monoisotopic (exact) mass is 360 g/mol. The zero-order valence-electron chi connectivity index (χ0n) is 15.3. The highest BCUT2D eigenvalue weighted by atomic mass is 16.2. The number of nitrogens with zero attached hydrogens (tertiary/aromatic N) is 6. The molecule has 26 heavy (non-hydrogen) atoms. The van der Waals surface area contributed by atoms with Gasteiger partial charge in [0.2, 0.25) is 11.8 Å². The average Bonchev–Trinajstić information content (AvgIpc) is 3.30. The Morgan fingerprint density at radius 2 is 2.15 bits per heavy atom. The summed E-state index contributed by atoms with van der Waals surface area (Å²) in [5.41, 5.74) is 0.118. The van der Waals surface area contributed by atoms with Crippen molar-refractivity contribution in [2.24, 2.45) is 11.3 Å². The number of hydrogen-bond acceptors (Lipinski definition) is 5. The van der Waals surface area contributed by atoms with Crippen molar-refractivity contribution in [2.75, 3.05) is 26.2 Å². The number of rotatable bonds is 6. The van der Waals surface area contributed by atoms with E-state index in [1.807, 2.05) is 4.90 Å². The Kier molecular flexibility index (Phi) is 4.91. The molecule has 1 aliphatic carbocycles. The Hall–Kier alpha value is -1.99. The summed E-state index contributed by atoms with van der Waals surface area (Å²) in [6.07, 6.45) is 9.15. The minimum absolute atomic E-state index is 0.118. The molecule has 1 aromatic heterocycles. The summed E-state index contributed by atoms with van der Waals surface area (Å²) < 4.78 is 1.66. The highest BCUT2D eigenvalue weighted by Gasteiger charge is 2.43. The van der Waals surface area contributed by atoms with Gasteiger partial charge in [0.15, 0.2) is 0 Å². The van der Waals surface area contributed by atoms with Gasteiger partial charge in [0.25, 0.3) is 0 Å². The fourth-order valence-electron chi connectivity index (χ4n) is 4.47. The minimum Gasteiger partial charge on any atom is -0.342 e. The smallest absolute Gasteiger partial charge is 0.222 e. The molecule has 3 aliphatic rings. The van der Waals surface area contributed by atoms with Crippen LogP contribution in [0.4, 0.5) is 0 Å². The Bertz CT molecular complexity index is 644. The molecule has 4 rings (SSSR count). The van der Waals surface area contributed by atoms with Crippen molar-refractivity contribution >= 4 is 11.8 Å². The van der Waals surface area contributed by atoms with Crippen LogP contribution in [0.3, 0.4) is 0 Å². The van der Waals surface area contributed by atoms with Crippen LogP contribution in [0.2, 0.25) is 0 Å². The van der Waals surface area contributed by atoms with E-state index in [4.69, 9.17) is 0 Å². The second kappa shape index (κ2) is 7.32. The van der Waals surface area contributed by atoms with Gasteiger partial charge < -0.3 is 9.80 Å². The number of piperidine rings is 2. The van der Waals surface area contributed by atoms with E-state index in [2.05, 4.69) is 20.4 Å². The largest absolute Gasteiger partial charge is 0.342 e. The second-order valence-electron chi connectivity index (χ2n) is 8.31. The third kappa shape index (κ3) is 4.04. The summed E-state index contributed by atoms with van der Waals surface area (Å²) in [7, 11) is 0. The van der Waals surface area contributed by atoms with E-state index in [9.17, 15) is 9.59 Å². The van der Waals surface area contributed by atoms with Gasteiger partial charge in [-0.1, -0.05) is 0 Å². The number of hydrogen-bond donors (Lipinski definition) is 0. The molecule has 8 heteroatoms. The SMILES string of the molecule is O=C(CCCn1cnnn1)N1CCC[C@]2(CCC(=O)N(CC3CC3)C2)C1. The Labute approximate surface area is 153 Å². The lowest BCUT2D eigenvalue weighted by Crippen LogP contribution is -2.55. The normalized spacial score (nSPS) is 26.5. The summed E-state index contributed by atoms with van der Waals surface area (Å²) in [6.45, 7) is 4.10. The zero-order chi connectivity index (χ0) is 18.0. The van der Waals surface area contributed by atoms with E-state index in [1.165, 1.54) is 12.8 Å². The van der Waals surface area contributed by atoms with Gasteiger partial charge in [-0.05, 0) is 54.9 Å². The standard InChI is InChI=1S/C18H28N6O2/c25-16(3-1-10-24-14-19-20-21-24)22-9-2-7-18(12-22)8-6-17(26)23(13-18)11-15-4-5-15/h14-15H,1-13H2/t18-/m0/s1. The lowest BCUT2D eigenvalue weighted by Gasteiger charge is -2.48. The fourth-order valence-corrected chi connectivity index (χ4v) is 4.47. The first-order valence-electron chi connectivity index (χ1n) is 9.90. The molecule has 2 amide bonds. The van der Waals surface area contributed by atoms with Crippen molar-refractivity contribution in [3.63, 3.8) is 0 Å². The summed E-state index contributed by atoms with van der Waals surface area (Å²) in [5, 5.41) is 11.1. The van der Waals surface area contributed by atoms with Gasteiger partial charge in [0.05, 0.1) is 0 Å². The molecule has 1 aromatic rings. The van der Waals surface area contributed by atoms with Crippen molar-refractivity contribution in [2.45, 2.75) is 57.9 Å². The van der Waals surface area contributed by atoms with Crippen molar-refractivity contribution in [1.82, 2.24) is 30.0 Å². The molecule has 8 nitrogen and oxygen atoms in total. The van der Waals surface area contributed by atoms with Gasteiger partial charge >= 0.3 is 0 Å². The molecule has 0 N–H and O–H groups in total. The van der Waals surface area contributed by atoms with Crippen LogP contribution in [0.15, 0.2) is 6.33 Å². The van der Waals surface area contributed by atoms with Crippen LogP contribution in [0.25, 0.3) is 0 Å². The molecule has 0 radical (unpaired) electrons. The number of aromatic nitrogens is 4. The molecule has 0 unspecified atom stereocenters. The van der Waals surface area contributed by atoms with Crippen LogP contribution in [0, 0.1) is 11.3 Å². The molecule has 1 atom stereocenters. The summed E-state index contributed by atoms with van der Waals surface area (Å²) in [4.78, 5) is 29.1. The number of tetrazole rings is 1. The number of aryl methyl sites for hydroxylation is 1. The maximum Gasteiger partial charge on any atom is 0.222 e. The van der Waals surface area contributed by atoms with Gasteiger partial charge in [-0.15, -0.1) is 5.10 Å². The van der Waals surface area contributed by atoms with Gasteiger partial charge in [0.1, 0.15) is 6.33 Å². The van der Waals surface area contributed by atoms with Crippen molar-refractivity contribution in [3.8, 4) is 0 Å². The predicted molar refractivity (Wildman–Crippen MR) is 93.8 cm³/mol. The molecule has 3 fully saturated rings. The van der Waals surface area contributed by atoms with Crippen LogP contribution in [-0.4, -0.2) is 68.0 Å². The zero-order valence-corrected chi connectivity index (χ0v) is 15.3. The third-order valence-electron chi connectivity index (χ3n) is 6.11. The first-order valence-corrected chi connectivity index (χ1v) is 9.90. The summed E-state index contributed by atoms with van der Waals surface area (Å²) in [5.74, 6) is 1.26. The van der Waals surface area contributed by atoms with Gasteiger partial charge in [-0.2, -0.15) is 0 Å². The van der Waals surface area contributed by atoms with Crippen molar-refractivity contribution in [3.05, 3.63) is 6.33 Å². The third-order valence-corrected chi connectivity index (χ3v) is 6.11. The number of carbonyl (C=O) groups is 2. The van der Waals surface area contributed by atoms with Gasteiger partial charge in [-0.3, -0.25) is 9.59 Å². The molecular formula is C18H28N6O2. The molecule has 142 valence electrons. The minimum atomic E-state index is 0.118. The maximum absolute atomic E-state index is 12.7. The van der Waals surface area contributed by atoms with Gasteiger partial charge in [-0.25, -0.2) is 4.68 Å². The van der Waals surface area contributed by atoms with Gasteiger partial charge in [0, 0.05) is 51.0 Å². The summed E-state index contributed by atoms with van der Waals surface area (Å²) >= 11 is 0. The quantitative estimate of drug-likeness (QED) is 0.758. The van der Waals surface area contributed by atoms with Crippen LogP contribution >= 0.6 is 0 Å². The first kappa shape index (κ1) is 17.4. The number of carbonyl (C=O) groups excluding carboxylic acids is 2. The number of amides is 2. The molecule has 3 heterocycles. The lowest BCUT2D eigenvalue weighted by molar-refractivity contribution is -0.143. The maximum atomic E-state index is 12.7. The molecule has 1 saturated carbocycles. The van der Waals surface area contributed by atoms with E-state index < -0.39 is 0 Å². The van der Waals surface area contributed by atoms with Crippen LogP contribution in [0.5, 0.6) is 0 Å². The molecular weight excluding hydrogens is 332 g/mol. The average molecular weight is 360 g/mol. The number of likely N-dealkylation sites (tertiary alicyclic amines) is 2. The predicted octanol–water partition coefficient (Wildman–Crippen LogP) is 1.09. The Morgan fingerprint density at radius 3 is 2.92 bits per heavy atom. The molecule has 2 saturated heterocycles. The van der Waals surface area contributed by atoms with E-state index in [0.29, 0.717) is 25.3 Å². The lowest BCUT2D eigenvalue weighted by atomic mass is 9.73. The first-order chi connectivity index (χ1) is 12.6.